The minimum atomic E-state index is -0.433. The Balaban J connectivity index is 1.59. The molecule has 0 saturated carbocycles. The van der Waals surface area contributed by atoms with Crippen molar-refractivity contribution >= 4 is 34.6 Å². The lowest BCUT2D eigenvalue weighted by atomic mass is 9.99. The lowest BCUT2D eigenvalue weighted by Gasteiger charge is -2.24. The number of carbonyl (C=O) groups excluding carboxylic acids is 1. The van der Waals surface area contributed by atoms with Crippen molar-refractivity contribution < 1.29 is 4.79 Å². The number of nitrogens with zero attached hydrogens (tertiary/aromatic N) is 4. The fourth-order valence-corrected chi connectivity index (χ4v) is 5.90. The maximum atomic E-state index is 13.1. The van der Waals surface area contributed by atoms with E-state index < -0.39 is 6.04 Å². The normalized spacial score (nSPS) is 18.3. The Labute approximate surface area is 202 Å². The van der Waals surface area contributed by atoms with Crippen LogP contribution in [0.4, 0.5) is 0 Å². The van der Waals surface area contributed by atoms with E-state index in [1.54, 1.807) is 11.3 Å². The van der Waals surface area contributed by atoms with Gasteiger partial charge < -0.3 is 10.6 Å². The summed E-state index contributed by atoms with van der Waals surface area (Å²) in [4.78, 5) is 19.4. The maximum Gasteiger partial charge on any atom is 0.222 e. The van der Waals surface area contributed by atoms with Crippen LogP contribution >= 0.6 is 22.9 Å². The lowest BCUT2D eigenvalue weighted by Crippen LogP contribution is -2.43. The van der Waals surface area contributed by atoms with Crippen LogP contribution in [0.5, 0.6) is 0 Å². The first-order valence-corrected chi connectivity index (χ1v) is 12.5. The van der Waals surface area contributed by atoms with Gasteiger partial charge in [0.05, 0.1) is 12.1 Å². The molecule has 2 aliphatic rings. The van der Waals surface area contributed by atoms with E-state index in [4.69, 9.17) is 16.6 Å². The second kappa shape index (κ2) is 9.00. The van der Waals surface area contributed by atoms with E-state index >= 15 is 0 Å². The molecule has 33 heavy (non-hydrogen) atoms. The predicted octanol–water partition coefficient (Wildman–Crippen LogP) is 4.06. The standard InChI is InChI=1S/C24H27ClN6OS/c1-13-14(2)33-24-21(13)22(16-4-6-17(25)7-5-16)28-19(23-30-29-15(3)31(23)24)12-20(32)27-18-8-10-26-11-9-18/h4-7,18-19,26H,8-12H2,1-3H3,(H,27,32)/t19-/m0/s1. The Morgan fingerprint density at radius 3 is 2.64 bits per heavy atom. The van der Waals surface area contributed by atoms with Gasteiger partial charge >= 0.3 is 0 Å². The predicted molar refractivity (Wildman–Crippen MR) is 132 cm³/mol. The maximum absolute atomic E-state index is 13.1. The van der Waals surface area contributed by atoms with Gasteiger partial charge in [-0.25, -0.2) is 0 Å². The average Bonchev–Trinajstić information content (AvgIpc) is 3.27. The number of nitrogens with one attached hydrogen (secondary N) is 2. The van der Waals surface area contributed by atoms with Gasteiger partial charge in [-0.15, -0.1) is 21.5 Å². The number of aryl methyl sites for hydroxylation is 2. The quantitative estimate of drug-likeness (QED) is 0.587. The molecule has 172 valence electrons. The molecule has 4 heterocycles. The summed E-state index contributed by atoms with van der Waals surface area (Å²) in [7, 11) is 0. The van der Waals surface area contributed by atoms with Gasteiger partial charge in [0.25, 0.3) is 0 Å². The first kappa shape index (κ1) is 22.3. The zero-order chi connectivity index (χ0) is 23.1. The molecule has 0 spiro atoms. The number of rotatable bonds is 4. The number of hydrogen-bond donors (Lipinski definition) is 2. The third kappa shape index (κ3) is 4.23. The van der Waals surface area contributed by atoms with Crippen molar-refractivity contribution in [1.82, 2.24) is 25.4 Å². The van der Waals surface area contributed by atoms with E-state index in [1.807, 2.05) is 31.2 Å². The molecule has 1 aromatic carbocycles. The van der Waals surface area contributed by atoms with Crippen LogP contribution in [0.2, 0.25) is 5.02 Å². The molecule has 2 N–H and O–H groups in total. The first-order chi connectivity index (χ1) is 15.9. The molecule has 1 saturated heterocycles. The van der Waals surface area contributed by atoms with Crippen LogP contribution in [0.3, 0.4) is 0 Å². The number of carbonyl (C=O) groups is 1. The molecular formula is C24H27ClN6OS. The fourth-order valence-electron chi connectivity index (χ4n) is 4.56. The number of halogens is 1. The number of amides is 1. The Morgan fingerprint density at radius 2 is 1.91 bits per heavy atom. The second-order valence-corrected chi connectivity index (χ2v) is 10.3. The molecule has 0 bridgehead atoms. The zero-order valence-electron chi connectivity index (χ0n) is 19.0. The van der Waals surface area contributed by atoms with Crippen LogP contribution in [0.1, 0.15) is 58.5 Å². The van der Waals surface area contributed by atoms with Gasteiger partial charge in [0.2, 0.25) is 5.91 Å². The molecule has 0 aliphatic carbocycles. The number of benzene rings is 1. The molecule has 2 aromatic heterocycles. The van der Waals surface area contributed by atoms with Gasteiger partial charge in [0, 0.05) is 27.1 Å². The molecule has 7 nitrogen and oxygen atoms in total. The van der Waals surface area contributed by atoms with Crippen molar-refractivity contribution in [3.05, 3.63) is 62.5 Å². The average molecular weight is 483 g/mol. The number of aromatic nitrogens is 3. The van der Waals surface area contributed by atoms with Gasteiger partial charge in [0.15, 0.2) is 5.82 Å². The Morgan fingerprint density at radius 1 is 1.18 bits per heavy atom. The van der Waals surface area contributed by atoms with E-state index in [0.29, 0.717) is 10.8 Å². The Bertz CT molecular complexity index is 1220. The third-order valence-electron chi connectivity index (χ3n) is 6.44. The van der Waals surface area contributed by atoms with Crippen LogP contribution in [0.15, 0.2) is 29.3 Å². The van der Waals surface area contributed by atoms with Crippen molar-refractivity contribution in [2.24, 2.45) is 4.99 Å². The number of piperidine rings is 1. The smallest absolute Gasteiger partial charge is 0.222 e. The minimum absolute atomic E-state index is 0.00327. The summed E-state index contributed by atoms with van der Waals surface area (Å²) in [5, 5.41) is 17.1. The highest BCUT2D eigenvalue weighted by Gasteiger charge is 2.32. The van der Waals surface area contributed by atoms with E-state index in [-0.39, 0.29) is 18.4 Å². The van der Waals surface area contributed by atoms with Crippen molar-refractivity contribution in [2.45, 2.75) is 52.1 Å². The topological polar surface area (TPSA) is 84.2 Å². The van der Waals surface area contributed by atoms with Gasteiger partial charge in [0.1, 0.15) is 16.9 Å². The summed E-state index contributed by atoms with van der Waals surface area (Å²) in [6.07, 6.45) is 2.12. The molecule has 0 radical (unpaired) electrons. The summed E-state index contributed by atoms with van der Waals surface area (Å²) in [6.45, 7) is 8.06. The van der Waals surface area contributed by atoms with Crippen molar-refractivity contribution in [2.75, 3.05) is 13.1 Å². The molecule has 0 unspecified atom stereocenters. The van der Waals surface area contributed by atoms with Crippen LogP contribution in [0.25, 0.3) is 5.00 Å². The lowest BCUT2D eigenvalue weighted by molar-refractivity contribution is -0.122. The van der Waals surface area contributed by atoms with Crippen LogP contribution in [0, 0.1) is 20.8 Å². The zero-order valence-corrected chi connectivity index (χ0v) is 20.6. The third-order valence-corrected chi connectivity index (χ3v) is 7.88. The minimum Gasteiger partial charge on any atom is -0.353 e. The van der Waals surface area contributed by atoms with E-state index in [2.05, 4.69) is 39.2 Å². The van der Waals surface area contributed by atoms with Crippen LogP contribution in [-0.2, 0) is 4.79 Å². The molecule has 1 amide bonds. The molecule has 5 rings (SSSR count). The van der Waals surface area contributed by atoms with Gasteiger partial charge in [-0.3, -0.25) is 14.4 Å². The van der Waals surface area contributed by atoms with Crippen molar-refractivity contribution in [3.8, 4) is 5.00 Å². The molecule has 2 aliphatic heterocycles. The number of hydrogen-bond acceptors (Lipinski definition) is 6. The Kier molecular flexibility index (Phi) is 6.07. The highest BCUT2D eigenvalue weighted by molar-refractivity contribution is 7.15. The summed E-state index contributed by atoms with van der Waals surface area (Å²) in [6, 6.07) is 7.50. The van der Waals surface area contributed by atoms with Gasteiger partial charge in [-0.2, -0.15) is 0 Å². The fraction of sp³-hybridized carbons (Fsp3) is 0.417. The second-order valence-electron chi connectivity index (χ2n) is 8.70. The number of aliphatic imine (C=N–C) groups is 1. The molecule has 9 heteroatoms. The van der Waals surface area contributed by atoms with Crippen LogP contribution in [-0.4, -0.2) is 45.5 Å². The summed E-state index contributed by atoms with van der Waals surface area (Å²) in [5.41, 5.74) is 4.10. The van der Waals surface area contributed by atoms with Gasteiger partial charge in [-0.05, 0) is 64.4 Å². The van der Waals surface area contributed by atoms with E-state index in [1.165, 1.54) is 10.4 Å². The van der Waals surface area contributed by atoms with Crippen molar-refractivity contribution in [3.63, 3.8) is 0 Å². The summed E-state index contributed by atoms with van der Waals surface area (Å²) in [5.74, 6) is 1.50. The highest BCUT2D eigenvalue weighted by atomic mass is 35.5. The molecule has 1 atom stereocenters. The molecule has 1 fully saturated rings. The molecule has 3 aromatic rings. The van der Waals surface area contributed by atoms with E-state index in [0.717, 1.165) is 53.6 Å². The SMILES string of the molecule is Cc1sc2c(c1C)C(c1ccc(Cl)cc1)=N[C@@H](CC(=O)NC1CCNCC1)c1nnc(C)n1-2. The first-order valence-electron chi connectivity index (χ1n) is 11.3. The summed E-state index contributed by atoms with van der Waals surface area (Å²) < 4.78 is 2.08. The summed E-state index contributed by atoms with van der Waals surface area (Å²) >= 11 is 7.88. The monoisotopic (exact) mass is 482 g/mol. The highest BCUT2D eigenvalue weighted by Crippen LogP contribution is 2.39. The largest absolute Gasteiger partial charge is 0.353 e. The molecular weight excluding hydrogens is 456 g/mol. The number of fused-ring (bicyclic) bond motifs is 3. The van der Waals surface area contributed by atoms with Gasteiger partial charge in [-0.1, -0.05) is 23.7 Å². The van der Waals surface area contributed by atoms with Crippen molar-refractivity contribution in [1.29, 1.82) is 0 Å². The Hall–Kier alpha value is -2.55. The van der Waals surface area contributed by atoms with E-state index in [9.17, 15) is 4.79 Å². The number of thiophene rings is 1. The van der Waals surface area contributed by atoms with Crippen LogP contribution < -0.4 is 10.6 Å².